The third-order valence-corrected chi connectivity index (χ3v) is 3.00. The highest BCUT2D eigenvalue weighted by Crippen LogP contribution is 2.34. The molecule has 0 saturated carbocycles. The Morgan fingerprint density at radius 2 is 1.95 bits per heavy atom. The van der Waals surface area contributed by atoms with Crippen LogP contribution in [0.4, 0.5) is 0 Å². The van der Waals surface area contributed by atoms with Crippen molar-refractivity contribution in [3.05, 3.63) is 35.4 Å². The van der Waals surface area contributed by atoms with Crippen molar-refractivity contribution in [2.75, 3.05) is 12.0 Å². The number of nitrogens with zero attached hydrogens (tertiary/aromatic N) is 3. The fraction of sp³-hybridized carbons (Fsp3) is 0.429. The van der Waals surface area contributed by atoms with Gasteiger partial charge in [-0.05, 0) is 32.4 Å². The minimum absolute atomic E-state index is 0.0567. The molecule has 21 heavy (non-hydrogen) atoms. The lowest BCUT2D eigenvalue weighted by atomic mass is 10.2. The molecule has 1 heterocycles. The minimum atomic E-state index is 0.0567. The van der Waals surface area contributed by atoms with E-state index in [1.54, 1.807) is 23.4 Å². The second-order valence-corrected chi connectivity index (χ2v) is 5.10. The average Bonchev–Trinajstić information content (AvgIpc) is 2.93. The molecule has 2 aromatic rings. The van der Waals surface area contributed by atoms with E-state index >= 15 is 0 Å². The van der Waals surface area contributed by atoms with Gasteiger partial charge in [0.05, 0.1) is 19.3 Å². The van der Waals surface area contributed by atoms with Gasteiger partial charge in [0.1, 0.15) is 12.7 Å². The lowest BCUT2D eigenvalue weighted by Crippen LogP contribution is -2.13. The van der Waals surface area contributed by atoms with E-state index < -0.39 is 0 Å². The molecule has 0 aliphatic heterocycles. The summed E-state index contributed by atoms with van der Waals surface area (Å²) in [4.78, 5) is 0. The Balaban J connectivity index is 2.18. The second-order valence-electron chi connectivity index (χ2n) is 4.69. The molecule has 0 radical (unpaired) electrons. The predicted octanol–water partition coefficient (Wildman–Crippen LogP) is 2.86. The maximum Gasteiger partial charge on any atom is 0.163 e. The van der Waals surface area contributed by atoms with Gasteiger partial charge < -0.3 is 14.9 Å². The van der Waals surface area contributed by atoms with E-state index in [9.17, 15) is 0 Å². The molecule has 6 nitrogen and oxygen atoms in total. The van der Waals surface area contributed by atoms with Crippen LogP contribution in [0.15, 0.2) is 24.8 Å². The molecule has 0 aliphatic rings. The fourth-order valence-electron chi connectivity index (χ4n) is 1.79. The van der Waals surface area contributed by atoms with E-state index in [2.05, 4.69) is 15.6 Å². The van der Waals surface area contributed by atoms with Crippen LogP contribution in [0, 0.1) is 0 Å². The Bertz CT molecular complexity index is 573. The SMILES string of the molecule is CCOc1cc(CNn2cnnc2)c(Cl)cc1OC(C)C. The topological polar surface area (TPSA) is 61.2 Å². The standard InChI is InChI=1S/C14H19ClN4O2/c1-4-20-13-5-11(7-18-19-8-16-17-9-19)12(15)6-14(13)21-10(2)3/h5-6,8-10,18H,4,7H2,1-3H3. The van der Waals surface area contributed by atoms with Crippen LogP contribution >= 0.6 is 11.6 Å². The first-order valence-corrected chi connectivity index (χ1v) is 7.18. The highest BCUT2D eigenvalue weighted by molar-refractivity contribution is 6.31. The van der Waals surface area contributed by atoms with Crippen LogP contribution in [0.2, 0.25) is 5.02 Å². The van der Waals surface area contributed by atoms with Gasteiger partial charge in [-0.3, -0.25) is 0 Å². The summed E-state index contributed by atoms with van der Waals surface area (Å²) < 4.78 is 13.0. The summed E-state index contributed by atoms with van der Waals surface area (Å²) in [6.45, 7) is 6.95. The van der Waals surface area contributed by atoms with Gasteiger partial charge >= 0.3 is 0 Å². The van der Waals surface area contributed by atoms with E-state index in [-0.39, 0.29) is 6.10 Å². The first-order chi connectivity index (χ1) is 10.1. The molecule has 0 saturated heterocycles. The van der Waals surface area contributed by atoms with Gasteiger partial charge in [0.25, 0.3) is 0 Å². The summed E-state index contributed by atoms with van der Waals surface area (Å²) in [5, 5.41) is 8.07. The summed E-state index contributed by atoms with van der Waals surface area (Å²) in [6, 6.07) is 3.68. The smallest absolute Gasteiger partial charge is 0.163 e. The Morgan fingerprint density at radius 1 is 1.24 bits per heavy atom. The summed E-state index contributed by atoms with van der Waals surface area (Å²) >= 11 is 6.31. The number of ether oxygens (including phenoxy) is 2. The molecule has 0 spiro atoms. The number of halogens is 1. The van der Waals surface area contributed by atoms with Crippen molar-refractivity contribution in [3.63, 3.8) is 0 Å². The van der Waals surface area contributed by atoms with Gasteiger partial charge in [0.2, 0.25) is 0 Å². The number of nitrogens with one attached hydrogen (secondary N) is 1. The highest BCUT2D eigenvalue weighted by atomic mass is 35.5. The molecule has 1 aromatic carbocycles. The highest BCUT2D eigenvalue weighted by Gasteiger charge is 2.12. The normalized spacial score (nSPS) is 10.7. The van der Waals surface area contributed by atoms with E-state index in [1.165, 1.54) is 0 Å². The molecule has 2 rings (SSSR count). The molecule has 0 unspecified atom stereocenters. The van der Waals surface area contributed by atoms with Gasteiger partial charge in [-0.1, -0.05) is 11.6 Å². The molecule has 114 valence electrons. The summed E-state index contributed by atoms with van der Waals surface area (Å²) in [7, 11) is 0. The Labute approximate surface area is 129 Å². The van der Waals surface area contributed by atoms with Crippen molar-refractivity contribution in [2.24, 2.45) is 0 Å². The Kier molecular flexibility index (Phi) is 5.27. The largest absolute Gasteiger partial charge is 0.490 e. The zero-order valence-electron chi connectivity index (χ0n) is 12.3. The van der Waals surface area contributed by atoms with E-state index in [0.29, 0.717) is 29.7 Å². The van der Waals surface area contributed by atoms with Crippen molar-refractivity contribution in [3.8, 4) is 11.5 Å². The van der Waals surface area contributed by atoms with Gasteiger partial charge in [-0.15, -0.1) is 10.2 Å². The first kappa shape index (κ1) is 15.4. The number of aromatic nitrogens is 3. The molecule has 0 fully saturated rings. The van der Waals surface area contributed by atoms with Gasteiger partial charge in [0, 0.05) is 11.1 Å². The lowest BCUT2D eigenvalue weighted by Gasteiger charge is -2.17. The van der Waals surface area contributed by atoms with Crippen LogP contribution in [-0.4, -0.2) is 27.6 Å². The van der Waals surface area contributed by atoms with E-state index in [0.717, 1.165) is 5.56 Å². The molecule has 0 amide bonds. The third-order valence-electron chi connectivity index (χ3n) is 2.65. The molecule has 7 heteroatoms. The van der Waals surface area contributed by atoms with Crippen LogP contribution in [0.25, 0.3) is 0 Å². The van der Waals surface area contributed by atoms with Gasteiger partial charge in [-0.2, -0.15) is 0 Å². The third kappa shape index (κ3) is 4.26. The summed E-state index contributed by atoms with van der Waals surface area (Å²) in [5.74, 6) is 1.35. The lowest BCUT2D eigenvalue weighted by molar-refractivity contribution is 0.223. The van der Waals surface area contributed by atoms with Crippen molar-refractivity contribution < 1.29 is 9.47 Å². The number of rotatable bonds is 7. The molecule has 0 atom stereocenters. The summed E-state index contributed by atoms with van der Waals surface area (Å²) in [6.07, 6.45) is 3.21. The van der Waals surface area contributed by atoms with Crippen LogP contribution < -0.4 is 14.9 Å². The quantitative estimate of drug-likeness (QED) is 0.852. The maximum absolute atomic E-state index is 6.31. The Hall–Kier alpha value is -1.95. The van der Waals surface area contributed by atoms with Crippen molar-refractivity contribution >= 4 is 11.6 Å². The molecular formula is C14H19ClN4O2. The number of hydrogen-bond acceptors (Lipinski definition) is 5. The van der Waals surface area contributed by atoms with E-state index in [4.69, 9.17) is 21.1 Å². The monoisotopic (exact) mass is 310 g/mol. The van der Waals surface area contributed by atoms with Gasteiger partial charge in [-0.25, -0.2) is 4.68 Å². The molecule has 1 N–H and O–H groups in total. The van der Waals surface area contributed by atoms with Crippen LogP contribution in [0.1, 0.15) is 26.3 Å². The zero-order valence-corrected chi connectivity index (χ0v) is 13.1. The predicted molar refractivity (Wildman–Crippen MR) is 81.5 cm³/mol. The fourth-order valence-corrected chi connectivity index (χ4v) is 2.01. The first-order valence-electron chi connectivity index (χ1n) is 6.80. The number of benzene rings is 1. The number of hydrogen-bond donors (Lipinski definition) is 1. The zero-order chi connectivity index (χ0) is 15.2. The molecule has 0 bridgehead atoms. The Morgan fingerprint density at radius 3 is 2.57 bits per heavy atom. The minimum Gasteiger partial charge on any atom is -0.490 e. The van der Waals surface area contributed by atoms with Gasteiger partial charge in [0.15, 0.2) is 11.5 Å². The van der Waals surface area contributed by atoms with Crippen molar-refractivity contribution in [1.82, 2.24) is 14.9 Å². The molecular weight excluding hydrogens is 292 g/mol. The van der Waals surface area contributed by atoms with Crippen LogP contribution in [-0.2, 0) is 6.54 Å². The van der Waals surface area contributed by atoms with E-state index in [1.807, 2.05) is 26.8 Å². The second kappa shape index (κ2) is 7.17. The molecule has 0 aliphatic carbocycles. The molecule has 1 aromatic heterocycles. The maximum atomic E-state index is 6.31. The van der Waals surface area contributed by atoms with Crippen LogP contribution in [0.5, 0.6) is 11.5 Å². The van der Waals surface area contributed by atoms with Crippen LogP contribution in [0.3, 0.4) is 0 Å². The summed E-state index contributed by atoms with van der Waals surface area (Å²) in [5.41, 5.74) is 4.03. The van der Waals surface area contributed by atoms with Crippen molar-refractivity contribution in [2.45, 2.75) is 33.4 Å². The average molecular weight is 311 g/mol. The van der Waals surface area contributed by atoms with Crippen molar-refractivity contribution in [1.29, 1.82) is 0 Å².